The van der Waals surface area contributed by atoms with E-state index in [1.165, 1.54) is 4.88 Å². The highest BCUT2D eigenvalue weighted by atomic mass is 32.1. The summed E-state index contributed by atoms with van der Waals surface area (Å²) in [6.07, 6.45) is 2.10. The van der Waals surface area contributed by atoms with Gasteiger partial charge in [0, 0.05) is 38.2 Å². The number of guanidine groups is 1. The van der Waals surface area contributed by atoms with E-state index in [-0.39, 0.29) is 0 Å². The lowest BCUT2D eigenvalue weighted by molar-refractivity contribution is 0.161. The standard InChI is InChI=1S/C16H30N4OS/c1-4-17-16(19-10-8-15-7-5-14-22-15)18-9-6-11-20(2)12-13-21-3/h5,7,14H,4,6,8-13H2,1-3H3,(H2,17,18,19). The first-order valence-corrected chi connectivity index (χ1v) is 8.86. The monoisotopic (exact) mass is 326 g/mol. The van der Waals surface area contributed by atoms with Crippen LogP contribution in [0.4, 0.5) is 0 Å². The first kappa shape index (κ1) is 18.9. The maximum absolute atomic E-state index is 5.08. The van der Waals surface area contributed by atoms with Gasteiger partial charge < -0.3 is 20.3 Å². The van der Waals surface area contributed by atoms with Gasteiger partial charge in [0.05, 0.1) is 6.61 Å². The smallest absolute Gasteiger partial charge is 0.191 e. The number of methoxy groups -OCH3 is 1. The normalized spacial score (nSPS) is 11.9. The molecule has 2 N–H and O–H groups in total. The highest BCUT2D eigenvalue weighted by Crippen LogP contribution is 2.07. The number of likely N-dealkylation sites (N-methyl/N-ethyl adjacent to an activating group) is 1. The Bertz CT molecular complexity index is 395. The number of nitrogens with zero attached hydrogens (tertiary/aromatic N) is 2. The summed E-state index contributed by atoms with van der Waals surface area (Å²) in [7, 11) is 3.86. The van der Waals surface area contributed by atoms with Crippen LogP contribution in [0, 0.1) is 0 Å². The molecule has 0 radical (unpaired) electrons. The van der Waals surface area contributed by atoms with Gasteiger partial charge in [0.1, 0.15) is 0 Å². The molecule has 1 heterocycles. The fraction of sp³-hybridized carbons (Fsp3) is 0.688. The number of rotatable bonds is 11. The first-order valence-electron chi connectivity index (χ1n) is 7.98. The molecule has 0 unspecified atom stereocenters. The lowest BCUT2D eigenvalue weighted by Crippen LogP contribution is -2.38. The van der Waals surface area contributed by atoms with Gasteiger partial charge in [-0.2, -0.15) is 0 Å². The molecule has 0 aliphatic heterocycles. The molecule has 0 aliphatic carbocycles. The van der Waals surface area contributed by atoms with Gasteiger partial charge in [0.15, 0.2) is 5.96 Å². The highest BCUT2D eigenvalue weighted by molar-refractivity contribution is 7.09. The molecule has 0 aliphatic rings. The fourth-order valence-corrected chi connectivity index (χ4v) is 2.70. The minimum Gasteiger partial charge on any atom is -0.383 e. The van der Waals surface area contributed by atoms with Crippen LogP contribution in [0.1, 0.15) is 18.2 Å². The molecule has 0 amide bonds. The predicted molar refractivity (Wildman–Crippen MR) is 96.0 cm³/mol. The van der Waals surface area contributed by atoms with Crippen molar-refractivity contribution in [3.63, 3.8) is 0 Å². The number of aliphatic imine (C=N–C) groups is 1. The number of nitrogens with one attached hydrogen (secondary N) is 2. The summed E-state index contributed by atoms with van der Waals surface area (Å²) < 4.78 is 5.08. The van der Waals surface area contributed by atoms with Crippen molar-refractivity contribution in [1.82, 2.24) is 15.5 Å². The van der Waals surface area contributed by atoms with E-state index >= 15 is 0 Å². The number of thiophene rings is 1. The molecule has 0 saturated heterocycles. The third kappa shape index (κ3) is 9.02. The zero-order valence-corrected chi connectivity index (χ0v) is 14.9. The molecule has 0 fully saturated rings. The maximum Gasteiger partial charge on any atom is 0.191 e. The van der Waals surface area contributed by atoms with E-state index in [0.717, 1.165) is 58.1 Å². The Hall–Kier alpha value is -1.11. The molecule has 6 heteroatoms. The Labute approximate surface area is 138 Å². The average Bonchev–Trinajstić information content (AvgIpc) is 3.02. The zero-order valence-electron chi connectivity index (χ0n) is 14.1. The Morgan fingerprint density at radius 1 is 1.36 bits per heavy atom. The van der Waals surface area contributed by atoms with Crippen molar-refractivity contribution >= 4 is 17.3 Å². The molecule has 22 heavy (non-hydrogen) atoms. The summed E-state index contributed by atoms with van der Waals surface area (Å²) in [6.45, 7) is 7.53. The topological polar surface area (TPSA) is 48.9 Å². The highest BCUT2D eigenvalue weighted by Gasteiger charge is 2.00. The number of ether oxygens (including phenoxy) is 1. The molecular formula is C16H30N4OS. The van der Waals surface area contributed by atoms with Crippen LogP contribution in [0.3, 0.4) is 0 Å². The van der Waals surface area contributed by atoms with Crippen molar-refractivity contribution in [3.8, 4) is 0 Å². The second-order valence-electron chi connectivity index (χ2n) is 5.17. The molecule has 0 bridgehead atoms. The van der Waals surface area contributed by atoms with E-state index in [9.17, 15) is 0 Å². The SMILES string of the molecule is CCNC(=NCCCN(C)CCOC)NCCc1cccs1. The third-order valence-corrected chi connectivity index (χ3v) is 4.17. The second kappa shape index (κ2) is 12.4. The lowest BCUT2D eigenvalue weighted by Gasteiger charge is -2.15. The van der Waals surface area contributed by atoms with Crippen molar-refractivity contribution in [1.29, 1.82) is 0 Å². The van der Waals surface area contributed by atoms with Crippen LogP contribution >= 0.6 is 11.3 Å². The molecule has 1 aromatic rings. The number of hydrogen-bond acceptors (Lipinski definition) is 4. The van der Waals surface area contributed by atoms with Crippen molar-refractivity contribution < 1.29 is 4.74 Å². The summed E-state index contributed by atoms with van der Waals surface area (Å²) in [6, 6.07) is 4.27. The Kier molecular flexibility index (Phi) is 10.7. The van der Waals surface area contributed by atoms with E-state index in [2.05, 4.69) is 52.0 Å². The molecule has 5 nitrogen and oxygen atoms in total. The van der Waals surface area contributed by atoms with Gasteiger partial charge in [-0.05, 0) is 44.8 Å². The van der Waals surface area contributed by atoms with Crippen LogP contribution in [-0.4, -0.2) is 64.3 Å². The number of hydrogen-bond donors (Lipinski definition) is 2. The van der Waals surface area contributed by atoms with Gasteiger partial charge in [-0.15, -0.1) is 11.3 Å². The first-order chi connectivity index (χ1) is 10.8. The van der Waals surface area contributed by atoms with Crippen molar-refractivity contribution in [3.05, 3.63) is 22.4 Å². The van der Waals surface area contributed by atoms with Crippen molar-refractivity contribution in [2.24, 2.45) is 4.99 Å². The van der Waals surface area contributed by atoms with Crippen LogP contribution in [0.15, 0.2) is 22.5 Å². The summed E-state index contributed by atoms with van der Waals surface area (Å²) in [5.41, 5.74) is 0. The third-order valence-electron chi connectivity index (χ3n) is 3.23. The van der Waals surface area contributed by atoms with Gasteiger partial charge in [-0.25, -0.2) is 0 Å². The predicted octanol–water partition coefficient (Wildman–Crippen LogP) is 1.81. The van der Waals surface area contributed by atoms with Gasteiger partial charge in [0.2, 0.25) is 0 Å². The van der Waals surface area contributed by atoms with Gasteiger partial charge in [0.25, 0.3) is 0 Å². The second-order valence-corrected chi connectivity index (χ2v) is 6.20. The van der Waals surface area contributed by atoms with Crippen LogP contribution in [0.25, 0.3) is 0 Å². The average molecular weight is 327 g/mol. The molecule has 1 rings (SSSR count). The van der Waals surface area contributed by atoms with E-state index < -0.39 is 0 Å². The van der Waals surface area contributed by atoms with Crippen molar-refractivity contribution in [2.75, 3.05) is 53.5 Å². The summed E-state index contributed by atoms with van der Waals surface area (Å²) >= 11 is 1.80. The minimum atomic E-state index is 0.784. The zero-order chi connectivity index (χ0) is 16.0. The Morgan fingerprint density at radius 2 is 2.23 bits per heavy atom. The Balaban J connectivity index is 2.20. The van der Waals surface area contributed by atoms with Gasteiger partial charge >= 0.3 is 0 Å². The molecule has 126 valence electrons. The lowest BCUT2D eigenvalue weighted by atomic mass is 10.3. The minimum absolute atomic E-state index is 0.784. The van der Waals surface area contributed by atoms with Crippen LogP contribution in [-0.2, 0) is 11.2 Å². The van der Waals surface area contributed by atoms with Crippen LogP contribution in [0.5, 0.6) is 0 Å². The van der Waals surface area contributed by atoms with Crippen LogP contribution in [0.2, 0.25) is 0 Å². The molecular weight excluding hydrogens is 296 g/mol. The van der Waals surface area contributed by atoms with Gasteiger partial charge in [-0.3, -0.25) is 4.99 Å². The molecule has 0 saturated carbocycles. The summed E-state index contributed by atoms with van der Waals surface area (Å²) in [5.74, 6) is 0.915. The fourth-order valence-electron chi connectivity index (χ4n) is 1.99. The maximum atomic E-state index is 5.08. The van der Waals surface area contributed by atoms with E-state index in [4.69, 9.17) is 4.74 Å². The molecule has 0 aromatic carbocycles. The van der Waals surface area contributed by atoms with E-state index in [1.54, 1.807) is 18.4 Å². The van der Waals surface area contributed by atoms with Crippen LogP contribution < -0.4 is 10.6 Å². The van der Waals surface area contributed by atoms with E-state index in [1.807, 2.05) is 0 Å². The molecule has 0 atom stereocenters. The quantitative estimate of drug-likeness (QED) is 0.370. The molecule has 0 spiro atoms. The van der Waals surface area contributed by atoms with Crippen molar-refractivity contribution in [2.45, 2.75) is 19.8 Å². The largest absolute Gasteiger partial charge is 0.383 e. The molecule has 1 aromatic heterocycles. The Morgan fingerprint density at radius 3 is 2.91 bits per heavy atom. The van der Waals surface area contributed by atoms with Gasteiger partial charge in [-0.1, -0.05) is 6.07 Å². The van der Waals surface area contributed by atoms with E-state index in [0.29, 0.717) is 0 Å². The summed E-state index contributed by atoms with van der Waals surface area (Å²) in [5, 5.41) is 8.81. The summed E-state index contributed by atoms with van der Waals surface area (Å²) in [4.78, 5) is 8.30.